The number of benzene rings is 1. The van der Waals surface area contributed by atoms with Crippen LogP contribution in [0.4, 0.5) is 5.69 Å². The van der Waals surface area contributed by atoms with Crippen molar-refractivity contribution in [1.29, 1.82) is 0 Å². The van der Waals surface area contributed by atoms with E-state index in [9.17, 15) is 18.0 Å². The van der Waals surface area contributed by atoms with Crippen molar-refractivity contribution in [2.75, 3.05) is 25.5 Å². The Hall–Kier alpha value is -1.93. The number of hydrogen-bond donors (Lipinski definition) is 1. The predicted octanol–water partition coefficient (Wildman–Crippen LogP) is 0.829. The van der Waals surface area contributed by atoms with Crippen molar-refractivity contribution in [3.8, 4) is 0 Å². The van der Waals surface area contributed by atoms with Crippen LogP contribution < -0.4 is 5.32 Å². The molecule has 0 atom stereocenters. The normalized spacial score (nSPS) is 11.2. The Morgan fingerprint density at radius 2 is 1.81 bits per heavy atom. The van der Waals surface area contributed by atoms with Gasteiger partial charge in [0.2, 0.25) is 15.9 Å². The van der Waals surface area contributed by atoms with Gasteiger partial charge in [-0.25, -0.2) is 8.42 Å². The van der Waals surface area contributed by atoms with Gasteiger partial charge in [-0.15, -0.1) is 0 Å². The van der Waals surface area contributed by atoms with E-state index in [1.807, 2.05) is 0 Å². The SMILES string of the molecule is CCOC(=O)CN(C)S(=O)(=O)c1ccc(NC(C)=O)cc1. The first-order chi connectivity index (χ1) is 9.77. The predicted molar refractivity (Wildman–Crippen MR) is 77.2 cm³/mol. The van der Waals surface area contributed by atoms with E-state index in [1.165, 1.54) is 38.2 Å². The number of hydrogen-bond acceptors (Lipinski definition) is 5. The van der Waals surface area contributed by atoms with E-state index in [4.69, 9.17) is 4.74 Å². The molecule has 0 saturated carbocycles. The second-order valence-electron chi connectivity index (χ2n) is 4.27. The van der Waals surface area contributed by atoms with Crippen molar-refractivity contribution in [3.05, 3.63) is 24.3 Å². The lowest BCUT2D eigenvalue weighted by molar-refractivity contribution is -0.143. The number of sulfonamides is 1. The van der Waals surface area contributed by atoms with Crippen LogP contribution in [0.5, 0.6) is 0 Å². The molecule has 0 saturated heterocycles. The van der Waals surface area contributed by atoms with E-state index < -0.39 is 16.0 Å². The Morgan fingerprint density at radius 3 is 2.29 bits per heavy atom. The van der Waals surface area contributed by atoms with Crippen LogP contribution in [0.2, 0.25) is 0 Å². The maximum absolute atomic E-state index is 12.2. The van der Waals surface area contributed by atoms with Crippen molar-refractivity contribution in [1.82, 2.24) is 4.31 Å². The Balaban J connectivity index is 2.86. The molecule has 0 aliphatic carbocycles. The molecule has 0 heterocycles. The zero-order valence-corrected chi connectivity index (χ0v) is 12.9. The molecule has 116 valence electrons. The third kappa shape index (κ3) is 4.83. The van der Waals surface area contributed by atoms with E-state index >= 15 is 0 Å². The zero-order valence-electron chi connectivity index (χ0n) is 12.1. The highest BCUT2D eigenvalue weighted by Gasteiger charge is 2.23. The number of amides is 1. The summed E-state index contributed by atoms with van der Waals surface area (Å²) in [7, 11) is -2.48. The topological polar surface area (TPSA) is 92.8 Å². The number of ether oxygens (including phenoxy) is 1. The molecule has 21 heavy (non-hydrogen) atoms. The van der Waals surface area contributed by atoms with E-state index in [-0.39, 0.29) is 24.0 Å². The fraction of sp³-hybridized carbons (Fsp3) is 0.385. The summed E-state index contributed by atoms with van der Waals surface area (Å²) in [5, 5.41) is 2.54. The average Bonchev–Trinajstić information content (AvgIpc) is 2.38. The first-order valence-electron chi connectivity index (χ1n) is 6.27. The number of esters is 1. The molecular weight excluding hydrogens is 296 g/mol. The summed E-state index contributed by atoms with van der Waals surface area (Å²) in [6.07, 6.45) is 0. The van der Waals surface area contributed by atoms with E-state index in [1.54, 1.807) is 6.92 Å². The molecule has 0 unspecified atom stereocenters. The van der Waals surface area contributed by atoms with Gasteiger partial charge in [-0.3, -0.25) is 9.59 Å². The van der Waals surface area contributed by atoms with Gasteiger partial charge in [-0.2, -0.15) is 4.31 Å². The molecule has 1 aromatic carbocycles. The summed E-state index contributed by atoms with van der Waals surface area (Å²) in [5.41, 5.74) is 0.495. The molecule has 7 nitrogen and oxygen atoms in total. The molecule has 0 aromatic heterocycles. The number of rotatable bonds is 6. The van der Waals surface area contributed by atoms with E-state index in [0.29, 0.717) is 5.69 Å². The quantitative estimate of drug-likeness (QED) is 0.785. The van der Waals surface area contributed by atoms with Gasteiger partial charge < -0.3 is 10.1 Å². The fourth-order valence-corrected chi connectivity index (χ4v) is 2.68. The number of nitrogens with zero attached hydrogens (tertiary/aromatic N) is 1. The Morgan fingerprint density at radius 1 is 1.24 bits per heavy atom. The maximum atomic E-state index is 12.2. The van der Waals surface area contributed by atoms with Crippen LogP contribution in [-0.2, 0) is 24.3 Å². The van der Waals surface area contributed by atoms with E-state index in [0.717, 1.165) is 4.31 Å². The van der Waals surface area contributed by atoms with Crippen LogP contribution in [0.25, 0.3) is 0 Å². The van der Waals surface area contributed by atoms with Crippen molar-refractivity contribution >= 4 is 27.6 Å². The lowest BCUT2D eigenvalue weighted by atomic mass is 10.3. The molecule has 1 amide bonds. The summed E-state index contributed by atoms with van der Waals surface area (Å²) >= 11 is 0. The minimum atomic E-state index is -3.78. The molecule has 1 aromatic rings. The summed E-state index contributed by atoms with van der Waals surface area (Å²) < 4.78 is 30.1. The van der Waals surface area contributed by atoms with Gasteiger partial charge in [-0.1, -0.05) is 0 Å². The molecule has 0 bridgehead atoms. The lowest BCUT2D eigenvalue weighted by Gasteiger charge is -2.16. The first kappa shape index (κ1) is 17.1. The molecule has 0 radical (unpaired) electrons. The molecule has 0 aliphatic heterocycles. The van der Waals surface area contributed by atoms with Gasteiger partial charge in [0.15, 0.2) is 0 Å². The van der Waals surface area contributed by atoms with Crippen LogP contribution in [0.3, 0.4) is 0 Å². The molecular formula is C13H18N2O5S. The van der Waals surface area contributed by atoms with Crippen LogP contribution in [0, 0.1) is 0 Å². The summed E-state index contributed by atoms with van der Waals surface area (Å²) in [4.78, 5) is 22.3. The molecule has 8 heteroatoms. The lowest BCUT2D eigenvalue weighted by Crippen LogP contribution is -2.33. The highest BCUT2D eigenvalue weighted by molar-refractivity contribution is 7.89. The van der Waals surface area contributed by atoms with Crippen molar-refractivity contribution in [2.24, 2.45) is 0 Å². The summed E-state index contributed by atoms with van der Waals surface area (Å²) in [6, 6.07) is 5.68. The third-order valence-corrected chi connectivity index (χ3v) is 4.36. The van der Waals surface area contributed by atoms with Crippen LogP contribution in [0.1, 0.15) is 13.8 Å². The molecule has 0 fully saturated rings. The van der Waals surface area contributed by atoms with Crippen molar-refractivity contribution in [2.45, 2.75) is 18.7 Å². The summed E-state index contributed by atoms with van der Waals surface area (Å²) in [6.45, 7) is 2.84. The Bertz CT molecular complexity index is 610. The minimum absolute atomic E-state index is 0.0309. The number of nitrogens with one attached hydrogen (secondary N) is 1. The molecule has 0 aliphatic rings. The standard InChI is InChI=1S/C13H18N2O5S/c1-4-20-13(17)9-15(3)21(18,19)12-7-5-11(6-8-12)14-10(2)16/h5-8H,4,9H2,1-3H3,(H,14,16). The highest BCUT2D eigenvalue weighted by Crippen LogP contribution is 2.17. The molecule has 1 N–H and O–H groups in total. The van der Waals surface area contributed by atoms with E-state index in [2.05, 4.69) is 5.32 Å². The fourth-order valence-electron chi connectivity index (χ4n) is 1.57. The number of anilines is 1. The smallest absolute Gasteiger partial charge is 0.321 e. The second-order valence-corrected chi connectivity index (χ2v) is 6.32. The first-order valence-corrected chi connectivity index (χ1v) is 7.71. The van der Waals surface area contributed by atoms with Crippen molar-refractivity contribution < 1.29 is 22.7 Å². The van der Waals surface area contributed by atoms with Gasteiger partial charge in [0.25, 0.3) is 0 Å². The Labute approximate surface area is 123 Å². The largest absolute Gasteiger partial charge is 0.465 e. The number of carbonyl (C=O) groups excluding carboxylic acids is 2. The zero-order chi connectivity index (χ0) is 16.0. The average molecular weight is 314 g/mol. The van der Waals surface area contributed by atoms with Gasteiger partial charge in [-0.05, 0) is 31.2 Å². The van der Waals surface area contributed by atoms with Gasteiger partial charge >= 0.3 is 5.97 Å². The summed E-state index contributed by atoms with van der Waals surface area (Å²) in [5.74, 6) is -0.858. The highest BCUT2D eigenvalue weighted by atomic mass is 32.2. The molecule has 1 rings (SSSR count). The number of carbonyl (C=O) groups is 2. The third-order valence-electron chi connectivity index (χ3n) is 2.54. The van der Waals surface area contributed by atoms with Crippen LogP contribution in [-0.4, -0.2) is 44.8 Å². The molecule has 0 spiro atoms. The Kier molecular flexibility index (Phi) is 5.86. The number of likely N-dealkylation sites (N-methyl/N-ethyl adjacent to an activating group) is 1. The van der Waals surface area contributed by atoms with Crippen molar-refractivity contribution in [3.63, 3.8) is 0 Å². The minimum Gasteiger partial charge on any atom is -0.465 e. The van der Waals surface area contributed by atoms with Gasteiger partial charge in [0.1, 0.15) is 6.54 Å². The second kappa shape index (κ2) is 7.19. The van der Waals surface area contributed by atoms with Gasteiger partial charge in [0, 0.05) is 19.7 Å². The van der Waals surface area contributed by atoms with Crippen LogP contribution >= 0.6 is 0 Å². The van der Waals surface area contributed by atoms with Gasteiger partial charge in [0.05, 0.1) is 11.5 Å². The maximum Gasteiger partial charge on any atom is 0.321 e. The monoisotopic (exact) mass is 314 g/mol. The van der Waals surface area contributed by atoms with Crippen LogP contribution in [0.15, 0.2) is 29.2 Å².